The molecule has 1 aromatic heterocycles. The van der Waals surface area contributed by atoms with Crippen molar-refractivity contribution < 1.29 is 24.5 Å². The highest BCUT2D eigenvalue weighted by molar-refractivity contribution is 6.51. The lowest BCUT2D eigenvalue weighted by molar-refractivity contribution is -0.132. The van der Waals surface area contributed by atoms with E-state index in [2.05, 4.69) is 9.97 Å². The maximum Gasteiger partial charge on any atom is 0.302 e. The van der Waals surface area contributed by atoms with Crippen LogP contribution in [-0.2, 0) is 9.59 Å². The summed E-state index contributed by atoms with van der Waals surface area (Å²) in [4.78, 5) is 35.2. The number of aliphatic hydroxyl groups is 1. The van der Waals surface area contributed by atoms with Crippen LogP contribution in [0, 0.1) is 0 Å². The number of aromatic hydroxyl groups is 1. The molecule has 1 amide bonds. The number of imidazole rings is 1. The number of hydrogen-bond acceptors (Lipinski definition) is 6. The van der Waals surface area contributed by atoms with Crippen molar-refractivity contribution in [2.45, 2.75) is 6.04 Å². The Kier molecular flexibility index (Phi) is 5.22. The molecule has 0 radical (unpaired) electrons. The first-order valence-corrected chi connectivity index (χ1v) is 10.7. The van der Waals surface area contributed by atoms with Gasteiger partial charge in [-0.15, -0.1) is 0 Å². The summed E-state index contributed by atoms with van der Waals surface area (Å²) in [6, 6.07) is 16.8. The SMILES string of the molecule is COc1ccc(/C(O)=C2\C(=O)C(=O)N(c3nc4ccccc4[nH]3)C2c2ccc(O)cc2)cc1Cl. The summed E-state index contributed by atoms with van der Waals surface area (Å²) >= 11 is 6.22. The summed E-state index contributed by atoms with van der Waals surface area (Å²) < 4.78 is 5.15. The molecule has 0 saturated carbocycles. The molecule has 0 aliphatic carbocycles. The van der Waals surface area contributed by atoms with Crippen molar-refractivity contribution in [2.24, 2.45) is 0 Å². The number of amides is 1. The molecule has 170 valence electrons. The molecule has 2 heterocycles. The van der Waals surface area contributed by atoms with Crippen LogP contribution in [0.5, 0.6) is 11.5 Å². The van der Waals surface area contributed by atoms with Gasteiger partial charge in [0, 0.05) is 5.56 Å². The average molecular weight is 476 g/mol. The normalized spacial score (nSPS) is 17.5. The molecule has 0 spiro atoms. The number of nitrogens with one attached hydrogen (secondary N) is 1. The fourth-order valence-corrected chi connectivity index (χ4v) is 4.30. The number of aromatic nitrogens is 2. The van der Waals surface area contributed by atoms with Gasteiger partial charge in [-0.1, -0.05) is 35.9 Å². The van der Waals surface area contributed by atoms with Crippen LogP contribution < -0.4 is 9.64 Å². The lowest BCUT2D eigenvalue weighted by atomic mass is 9.95. The predicted molar refractivity (Wildman–Crippen MR) is 127 cm³/mol. The third-order valence-electron chi connectivity index (χ3n) is 5.68. The maximum absolute atomic E-state index is 13.2. The number of methoxy groups -OCH3 is 1. The maximum atomic E-state index is 13.2. The Morgan fingerprint density at radius 1 is 1.09 bits per heavy atom. The molecule has 1 saturated heterocycles. The van der Waals surface area contributed by atoms with Gasteiger partial charge in [-0.25, -0.2) is 4.98 Å². The van der Waals surface area contributed by atoms with E-state index in [0.717, 1.165) is 0 Å². The number of hydrogen-bond donors (Lipinski definition) is 3. The van der Waals surface area contributed by atoms with Crippen LogP contribution >= 0.6 is 11.6 Å². The quantitative estimate of drug-likeness (QED) is 0.226. The van der Waals surface area contributed by atoms with Gasteiger partial charge in [0.15, 0.2) is 0 Å². The highest BCUT2D eigenvalue weighted by atomic mass is 35.5. The number of phenols is 1. The summed E-state index contributed by atoms with van der Waals surface area (Å²) in [7, 11) is 1.46. The van der Waals surface area contributed by atoms with E-state index in [9.17, 15) is 19.8 Å². The molecule has 3 aromatic carbocycles. The Morgan fingerprint density at radius 2 is 1.82 bits per heavy atom. The first-order valence-electron chi connectivity index (χ1n) is 10.3. The van der Waals surface area contributed by atoms with E-state index in [0.29, 0.717) is 22.3 Å². The Morgan fingerprint density at radius 3 is 2.50 bits per heavy atom. The lowest BCUT2D eigenvalue weighted by Gasteiger charge is -2.23. The number of Topliss-reactive ketones (excluding diaryl/α,β-unsaturated/α-hetero) is 1. The summed E-state index contributed by atoms with van der Waals surface area (Å²) in [6.45, 7) is 0. The van der Waals surface area contributed by atoms with Gasteiger partial charge >= 0.3 is 5.91 Å². The molecular weight excluding hydrogens is 458 g/mol. The van der Waals surface area contributed by atoms with Crippen molar-refractivity contribution >= 4 is 46.0 Å². The van der Waals surface area contributed by atoms with E-state index in [1.54, 1.807) is 36.4 Å². The Bertz CT molecular complexity index is 1440. The topological polar surface area (TPSA) is 116 Å². The number of phenolic OH excluding ortho intramolecular Hbond substituents is 1. The molecule has 4 aromatic rings. The van der Waals surface area contributed by atoms with Crippen LogP contribution in [0.1, 0.15) is 17.2 Å². The van der Waals surface area contributed by atoms with E-state index in [-0.39, 0.29) is 33.6 Å². The average Bonchev–Trinajstić information content (AvgIpc) is 3.37. The predicted octanol–water partition coefficient (Wildman–Crippen LogP) is 4.56. The molecule has 1 unspecified atom stereocenters. The monoisotopic (exact) mass is 475 g/mol. The molecule has 1 fully saturated rings. The van der Waals surface area contributed by atoms with Crippen molar-refractivity contribution in [1.29, 1.82) is 0 Å². The number of nitrogens with zero attached hydrogens (tertiary/aromatic N) is 2. The Balaban J connectivity index is 1.72. The first kappa shape index (κ1) is 21.5. The summed E-state index contributed by atoms with van der Waals surface area (Å²) in [5.74, 6) is -1.53. The zero-order valence-corrected chi connectivity index (χ0v) is 18.6. The van der Waals surface area contributed by atoms with E-state index in [1.165, 1.54) is 30.2 Å². The highest BCUT2D eigenvalue weighted by Crippen LogP contribution is 2.42. The highest BCUT2D eigenvalue weighted by Gasteiger charge is 2.48. The van der Waals surface area contributed by atoms with Crippen molar-refractivity contribution in [2.75, 3.05) is 12.0 Å². The molecule has 1 aliphatic rings. The van der Waals surface area contributed by atoms with Crippen molar-refractivity contribution in [3.8, 4) is 11.5 Å². The zero-order chi connectivity index (χ0) is 24.0. The number of para-hydroxylation sites is 2. The van der Waals surface area contributed by atoms with Crippen molar-refractivity contribution in [3.05, 3.63) is 88.5 Å². The molecule has 0 bridgehead atoms. The molecule has 1 atom stereocenters. The van der Waals surface area contributed by atoms with Gasteiger partial charge in [-0.05, 0) is 48.0 Å². The van der Waals surface area contributed by atoms with Gasteiger partial charge in [0.25, 0.3) is 5.78 Å². The minimum Gasteiger partial charge on any atom is -0.508 e. The number of ether oxygens (including phenoxy) is 1. The Labute approximate surface area is 198 Å². The van der Waals surface area contributed by atoms with Crippen LogP contribution in [0.15, 0.2) is 72.3 Å². The largest absolute Gasteiger partial charge is 0.508 e. The van der Waals surface area contributed by atoms with Crippen LogP contribution in [0.4, 0.5) is 5.95 Å². The van der Waals surface area contributed by atoms with Crippen molar-refractivity contribution in [1.82, 2.24) is 9.97 Å². The summed E-state index contributed by atoms with van der Waals surface area (Å²) in [5.41, 5.74) is 1.92. The molecule has 9 heteroatoms. The number of halogens is 1. The van der Waals surface area contributed by atoms with Gasteiger partial charge < -0.3 is 19.9 Å². The summed E-state index contributed by atoms with van der Waals surface area (Å²) in [6.07, 6.45) is 0. The molecule has 1 aliphatic heterocycles. The molecular formula is C25H18ClN3O5. The number of aromatic amines is 1. The molecule has 8 nitrogen and oxygen atoms in total. The van der Waals surface area contributed by atoms with E-state index >= 15 is 0 Å². The standard InChI is InChI=1S/C25H18ClN3O5/c1-34-19-11-8-14(12-16(19)26)22(31)20-21(13-6-9-15(30)10-7-13)29(24(33)23(20)32)25-27-17-4-2-3-5-18(17)28-25/h2-12,21,30-31H,1H3,(H,27,28)/b22-20+. The lowest BCUT2D eigenvalue weighted by Crippen LogP contribution is -2.30. The smallest absolute Gasteiger partial charge is 0.302 e. The van der Waals surface area contributed by atoms with Crippen LogP contribution in [0.25, 0.3) is 16.8 Å². The molecule has 5 rings (SSSR count). The number of aliphatic hydroxyl groups excluding tert-OH is 1. The second-order valence-corrected chi connectivity index (χ2v) is 8.09. The minimum absolute atomic E-state index is 0.0198. The number of anilines is 1. The number of H-pyrrole nitrogens is 1. The molecule has 3 N–H and O–H groups in total. The number of benzene rings is 3. The Hall–Kier alpha value is -4.30. The second-order valence-electron chi connectivity index (χ2n) is 7.69. The van der Waals surface area contributed by atoms with Gasteiger partial charge in [0.1, 0.15) is 17.3 Å². The summed E-state index contributed by atoms with van der Waals surface area (Å²) in [5, 5.41) is 21.2. The van der Waals surface area contributed by atoms with Gasteiger partial charge in [-0.2, -0.15) is 0 Å². The van der Waals surface area contributed by atoms with Crippen molar-refractivity contribution in [3.63, 3.8) is 0 Å². The van der Waals surface area contributed by atoms with E-state index < -0.39 is 17.7 Å². The van der Waals surface area contributed by atoms with Crippen LogP contribution in [0.2, 0.25) is 5.02 Å². The third-order valence-corrected chi connectivity index (χ3v) is 5.98. The fourth-order valence-electron chi connectivity index (χ4n) is 4.05. The first-order chi connectivity index (χ1) is 16.4. The van der Waals surface area contributed by atoms with Gasteiger partial charge in [0.2, 0.25) is 5.95 Å². The van der Waals surface area contributed by atoms with E-state index in [4.69, 9.17) is 16.3 Å². The number of carbonyl (C=O) groups is 2. The van der Waals surface area contributed by atoms with Gasteiger partial charge in [-0.3, -0.25) is 14.5 Å². The number of carbonyl (C=O) groups excluding carboxylic acids is 2. The zero-order valence-electron chi connectivity index (χ0n) is 17.8. The molecule has 34 heavy (non-hydrogen) atoms. The number of fused-ring (bicyclic) bond motifs is 1. The minimum atomic E-state index is -0.998. The van der Waals surface area contributed by atoms with E-state index in [1.807, 2.05) is 12.1 Å². The third kappa shape index (κ3) is 3.45. The van der Waals surface area contributed by atoms with Crippen LogP contribution in [-0.4, -0.2) is 39.0 Å². The number of rotatable bonds is 4. The fraction of sp³-hybridized carbons (Fsp3) is 0.0800. The second kappa shape index (κ2) is 8.24. The van der Waals surface area contributed by atoms with Gasteiger partial charge in [0.05, 0.1) is 34.8 Å². The van der Waals surface area contributed by atoms with Crippen LogP contribution in [0.3, 0.4) is 0 Å². The number of ketones is 1.